The average Bonchev–Trinajstić information content (AvgIpc) is 2.80. The predicted octanol–water partition coefficient (Wildman–Crippen LogP) is 5.74. The Morgan fingerprint density at radius 1 is 0.900 bits per heavy atom. The van der Waals surface area contributed by atoms with E-state index in [1.807, 2.05) is 42.2 Å². The second kappa shape index (κ2) is 7.49. The largest absolute Gasteiger partial charge is 0.482 e. The first-order valence-corrected chi connectivity index (χ1v) is 10.6. The van der Waals surface area contributed by atoms with Crippen molar-refractivity contribution in [3.8, 4) is 16.9 Å². The van der Waals surface area contributed by atoms with Gasteiger partial charge in [0.25, 0.3) is 5.91 Å². The fourth-order valence-corrected chi connectivity index (χ4v) is 4.42. The van der Waals surface area contributed by atoms with Gasteiger partial charge in [-0.15, -0.1) is 0 Å². The number of amides is 1. The van der Waals surface area contributed by atoms with Crippen LogP contribution in [-0.2, 0) is 0 Å². The van der Waals surface area contributed by atoms with E-state index < -0.39 is 0 Å². The van der Waals surface area contributed by atoms with Gasteiger partial charge in [-0.1, -0.05) is 60.7 Å². The third-order valence-electron chi connectivity index (χ3n) is 6.27. The molecule has 1 fully saturated rings. The molecule has 0 bridgehead atoms. The lowest BCUT2D eigenvalue weighted by Gasteiger charge is -2.42. The Labute approximate surface area is 177 Å². The molecule has 0 aromatic heterocycles. The Hall–Kier alpha value is -3.33. The van der Waals surface area contributed by atoms with E-state index in [9.17, 15) is 4.79 Å². The van der Waals surface area contributed by atoms with E-state index >= 15 is 0 Å². The van der Waals surface area contributed by atoms with Gasteiger partial charge in [0, 0.05) is 37.1 Å². The van der Waals surface area contributed by atoms with E-state index in [0.29, 0.717) is 13.1 Å². The Morgan fingerprint density at radius 2 is 1.63 bits per heavy atom. The fraction of sp³-hybridized carbons (Fsp3) is 0.222. The summed E-state index contributed by atoms with van der Waals surface area (Å²) in [5.41, 5.74) is 5.02. The highest BCUT2D eigenvalue weighted by Crippen LogP contribution is 2.39. The fourth-order valence-electron chi connectivity index (χ4n) is 4.42. The Bertz CT molecular complexity index is 1110. The third kappa shape index (κ3) is 3.41. The number of fused-ring (bicyclic) bond motifs is 1. The molecule has 0 radical (unpaired) electrons. The number of benzene rings is 3. The zero-order chi connectivity index (χ0) is 20.6. The van der Waals surface area contributed by atoms with Gasteiger partial charge in [-0.3, -0.25) is 4.79 Å². The molecule has 3 aromatic rings. The van der Waals surface area contributed by atoms with Gasteiger partial charge in [-0.2, -0.15) is 0 Å². The van der Waals surface area contributed by atoms with Crippen molar-refractivity contribution in [3.63, 3.8) is 0 Å². The molecule has 2 heterocycles. The van der Waals surface area contributed by atoms with Gasteiger partial charge < -0.3 is 9.64 Å². The van der Waals surface area contributed by atoms with Crippen molar-refractivity contribution >= 4 is 12.0 Å². The van der Waals surface area contributed by atoms with E-state index in [1.54, 1.807) is 0 Å². The predicted molar refractivity (Wildman–Crippen MR) is 121 cm³/mol. The van der Waals surface area contributed by atoms with Crippen molar-refractivity contribution in [1.29, 1.82) is 0 Å². The molecule has 5 rings (SSSR count). The molecule has 0 saturated carbocycles. The molecule has 2 aliphatic rings. The van der Waals surface area contributed by atoms with Gasteiger partial charge in [0.15, 0.2) is 0 Å². The van der Waals surface area contributed by atoms with Crippen LogP contribution < -0.4 is 4.74 Å². The smallest absolute Gasteiger partial charge is 0.254 e. The zero-order valence-electron chi connectivity index (χ0n) is 17.2. The highest BCUT2D eigenvalue weighted by atomic mass is 16.5. The molecular formula is C27H25NO2. The Morgan fingerprint density at radius 3 is 2.40 bits per heavy atom. The first kappa shape index (κ1) is 18.7. The second-order valence-corrected chi connectivity index (χ2v) is 8.23. The average molecular weight is 396 g/mol. The van der Waals surface area contributed by atoms with Crippen LogP contribution in [0.2, 0.25) is 0 Å². The van der Waals surface area contributed by atoms with Gasteiger partial charge in [-0.25, -0.2) is 0 Å². The number of likely N-dealkylation sites (tertiary alicyclic amines) is 1. The molecule has 1 saturated heterocycles. The van der Waals surface area contributed by atoms with Gasteiger partial charge in [0.05, 0.1) is 0 Å². The maximum absolute atomic E-state index is 12.9. The van der Waals surface area contributed by atoms with Crippen LogP contribution in [0.5, 0.6) is 5.75 Å². The summed E-state index contributed by atoms with van der Waals surface area (Å²) in [7, 11) is 0. The molecule has 0 atom stereocenters. The lowest BCUT2D eigenvalue weighted by atomic mass is 9.87. The maximum atomic E-state index is 12.9. The first-order chi connectivity index (χ1) is 14.6. The van der Waals surface area contributed by atoms with Crippen molar-refractivity contribution in [3.05, 3.63) is 95.6 Å². The van der Waals surface area contributed by atoms with Gasteiger partial charge in [0.1, 0.15) is 11.4 Å². The minimum absolute atomic E-state index is 0.121. The van der Waals surface area contributed by atoms with Crippen LogP contribution >= 0.6 is 0 Å². The minimum Gasteiger partial charge on any atom is -0.482 e. The summed E-state index contributed by atoms with van der Waals surface area (Å²) < 4.78 is 6.48. The zero-order valence-corrected chi connectivity index (χ0v) is 17.2. The standard InChI is InChI=1S/C27H25NO2/c1-20-7-5-6-10-24(20)26(29)28-17-15-27(16-18-28)14-13-23-19-22(11-12-25(23)30-27)21-8-3-2-4-9-21/h2-14,19H,15-18H2,1H3. The lowest BCUT2D eigenvalue weighted by molar-refractivity contribution is 0.0329. The number of piperidine rings is 1. The number of rotatable bonds is 2. The van der Waals surface area contributed by atoms with Crippen LogP contribution in [0, 0.1) is 6.92 Å². The Balaban J connectivity index is 1.31. The topological polar surface area (TPSA) is 29.5 Å². The number of carbonyl (C=O) groups is 1. The van der Waals surface area contributed by atoms with Gasteiger partial charge in [0.2, 0.25) is 0 Å². The maximum Gasteiger partial charge on any atom is 0.254 e. The molecule has 30 heavy (non-hydrogen) atoms. The molecular weight excluding hydrogens is 370 g/mol. The first-order valence-electron chi connectivity index (χ1n) is 10.6. The van der Waals surface area contributed by atoms with E-state index in [-0.39, 0.29) is 11.5 Å². The molecule has 3 nitrogen and oxygen atoms in total. The van der Waals surface area contributed by atoms with E-state index in [1.165, 1.54) is 11.1 Å². The molecule has 0 unspecified atom stereocenters. The summed E-state index contributed by atoms with van der Waals surface area (Å²) in [6.45, 7) is 3.40. The number of nitrogens with zero attached hydrogens (tertiary/aromatic N) is 1. The van der Waals surface area contributed by atoms with E-state index in [0.717, 1.165) is 35.3 Å². The van der Waals surface area contributed by atoms with E-state index in [2.05, 4.69) is 54.6 Å². The van der Waals surface area contributed by atoms with Crippen LogP contribution in [0.25, 0.3) is 17.2 Å². The molecule has 3 aromatic carbocycles. The quantitative estimate of drug-likeness (QED) is 0.553. The van der Waals surface area contributed by atoms with Crippen molar-refractivity contribution in [2.75, 3.05) is 13.1 Å². The normalized spacial score (nSPS) is 16.8. The molecule has 1 spiro atoms. The summed E-state index contributed by atoms with van der Waals surface area (Å²) in [6.07, 6.45) is 5.99. The van der Waals surface area contributed by atoms with Crippen LogP contribution in [-0.4, -0.2) is 29.5 Å². The number of aryl methyl sites for hydroxylation is 1. The van der Waals surface area contributed by atoms with E-state index in [4.69, 9.17) is 4.74 Å². The summed E-state index contributed by atoms with van der Waals surface area (Å²) in [5.74, 6) is 1.05. The van der Waals surface area contributed by atoms with Crippen LogP contribution in [0.15, 0.2) is 78.9 Å². The van der Waals surface area contributed by atoms with Crippen molar-refractivity contribution in [2.45, 2.75) is 25.4 Å². The molecule has 150 valence electrons. The molecule has 0 aliphatic carbocycles. The van der Waals surface area contributed by atoms with Gasteiger partial charge >= 0.3 is 0 Å². The number of hydrogen-bond acceptors (Lipinski definition) is 2. The summed E-state index contributed by atoms with van der Waals surface area (Å²) >= 11 is 0. The van der Waals surface area contributed by atoms with Crippen molar-refractivity contribution < 1.29 is 9.53 Å². The van der Waals surface area contributed by atoms with Crippen molar-refractivity contribution in [1.82, 2.24) is 4.90 Å². The Kier molecular flexibility index (Phi) is 4.66. The highest BCUT2D eigenvalue weighted by Gasteiger charge is 2.38. The van der Waals surface area contributed by atoms with Crippen LogP contribution in [0.4, 0.5) is 0 Å². The second-order valence-electron chi connectivity index (χ2n) is 8.23. The molecule has 0 N–H and O–H groups in total. The van der Waals surface area contributed by atoms with Gasteiger partial charge in [-0.05, 0) is 47.9 Å². The SMILES string of the molecule is Cc1ccccc1C(=O)N1CCC2(C=Cc3cc(-c4ccccc4)ccc3O2)CC1. The molecule has 3 heteroatoms. The number of ether oxygens (including phenoxy) is 1. The third-order valence-corrected chi connectivity index (χ3v) is 6.27. The number of carbonyl (C=O) groups excluding carboxylic acids is 1. The summed E-state index contributed by atoms with van der Waals surface area (Å²) in [6, 6.07) is 24.6. The monoisotopic (exact) mass is 395 g/mol. The van der Waals surface area contributed by atoms with Crippen molar-refractivity contribution in [2.24, 2.45) is 0 Å². The molecule has 2 aliphatic heterocycles. The van der Waals surface area contributed by atoms with Crippen LogP contribution in [0.3, 0.4) is 0 Å². The minimum atomic E-state index is -0.316. The lowest BCUT2D eigenvalue weighted by Crippen LogP contribution is -2.49. The number of hydrogen-bond donors (Lipinski definition) is 0. The molecule has 1 amide bonds. The van der Waals surface area contributed by atoms with Crippen LogP contribution in [0.1, 0.15) is 34.3 Å². The summed E-state index contributed by atoms with van der Waals surface area (Å²) in [4.78, 5) is 14.9. The summed E-state index contributed by atoms with van der Waals surface area (Å²) in [5, 5.41) is 0. The highest BCUT2D eigenvalue weighted by molar-refractivity contribution is 5.95.